The predicted octanol–water partition coefficient (Wildman–Crippen LogP) is 5.29. The molecule has 0 fully saturated rings. The van der Waals surface area contributed by atoms with Gasteiger partial charge in [0, 0.05) is 0 Å². The number of halogens is 3. The van der Waals surface area contributed by atoms with Gasteiger partial charge in [-0.3, -0.25) is 4.18 Å². The van der Waals surface area contributed by atoms with Gasteiger partial charge in [0.25, 0.3) is 0 Å². The minimum absolute atomic E-state index is 0.0620. The maximum absolute atomic E-state index is 12.4. The van der Waals surface area contributed by atoms with Gasteiger partial charge in [-0.25, -0.2) is 0 Å². The highest BCUT2D eigenvalue weighted by Gasteiger charge is 2.41. The lowest BCUT2D eigenvalue weighted by Crippen LogP contribution is -2.47. The number of nitrogens with one attached hydrogen (secondary N) is 1. The van der Waals surface area contributed by atoms with Crippen LogP contribution in [0.2, 0.25) is 18.1 Å². The summed E-state index contributed by atoms with van der Waals surface area (Å²) in [6.45, 7) is 10.4. The van der Waals surface area contributed by atoms with Crippen LogP contribution in [-0.4, -0.2) is 33.2 Å². The summed E-state index contributed by atoms with van der Waals surface area (Å²) < 4.78 is 36.9. The van der Waals surface area contributed by atoms with Crippen LogP contribution in [0.25, 0.3) is 0 Å². The Morgan fingerprint density at radius 1 is 1.18 bits per heavy atom. The molecule has 0 amide bonds. The van der Waals surface area contributed by atoms with E-state index in [1.165, 1.54) is 0 Å². The van der Waals surface area contributed by atoms with Crippen molar-refractivity contribution in [2.75, 3.05) is 6.61 Å². The molecule has 1 aromatic rings. The second-order valence-electron chi connectivity index (χ2n) is 8.64. The van der Waals surface area contributed by atoms with E-state index in [1.54, 1.807) is 0 Å². The first kappa shape index (κ1) is 24.4. The highest BCUT2D eigenvalue weighted by Crippen LogP contribution is 2.40. The average Bonchev–Trinajstić information content (AvgIpc) is 2.51. The number of fused-ring (bicyclic) bond motifs is 1. The normalized spacial score (nSPS) is 21.4. The summed E-state index contributed by atoms with van der Waals surface area (Å²) in [7, 11) is -6.10. The van der Waals surface area contributed by atoms with Crippen molar-refractivity contribution in [3.05, 3.63) is 35.4 Å². The van der Waals surface area contributed by atoms with Gasteiger partial charge in [-0.1, -0.05) is 79.8 Å². The molecular formula is C18H28Cl3NO4SSi. The minimum Gasteiger partial charge on any atom is -0.414 e. The van der Waals surface area contributed by atoms with Crippen LogP contribution in [-0.2, 0) is 25.3 Å². The monoisotopic (exact) mass is 487 g/mol. The van der Waals surface area contributed by atoms with E-state index in [4.69, 9.17) is 43.4 Å². The largest absolute Gasteiger partial charge is 0.414 e. The molecule has 0 aliphatic heterocycles. The molecule has 0 bridgehead atoms. The smallest absolute Gasteiger partial charge is 0.336 e. The highest BCUT2D eigenvalue weighted by molar-refractivity contribution is 7.84. The van der Waals surface area contributed by atoms with Gasteiger partial charge < -0.3 is 4.43 Å². The molecular weight excluding hydrogens is 461 g/mol. The number of hydrogen-bond donors (Lipinski definition) is 1. The number of hydrogen-bond acceptors (Lipinski definition) is 4. The summed E-state index contributed by atoms with van der Waals surface area (Å²) in [5.74, 6) is 0. The molecule has 0 heterocycles. The molecule has 10 heteroatoms. The fourth-order valence-corrected chi connectivity index (χ4v) is 5.62. The van der Waals surface area contributed by atoms with Crippen LogP contribution in [0.15, 0.2) is 24.3 Å². The van der Waals surface area contributed by atoms with Gasteiger partial charge in [0.2, 0.25) is 3.79 Å². The van der Waals surface area contributed by atoms with Crippen molar-refractivity contribution in [2.45, 2.75) is 67.7 Å². The molecule has 1 aliphatic carbocycles. The molecule has 1 aromatic carbocycles. The van der Waals surface area contributed by atoms with Gasteiger partial charge >= 0.3 is 10.3 Å². The van der Waals surface area contributed by atoms with Crippen LogP contribution in [0.4, 0.5) is 0 Å². The second-order valence-corrected chi connectivity index (χ2v) is 17.3. The second kappa shape index (κ2) is 8.71. The first-order chi connectivity index (χ1) is 12.6. The summed E-state index contributed by atoms with van der Waals surface area (Å²) in [4.78, 5) is 0. The lowest BCUT2D eigenvalue weighted by molar-refractivity contribution is 0.150. The number of benzene rings is 1. The van der Waals surface area contributed by atoms with Crippen molar-refractivity contribution < 1.29 is 17.0 Å². The summed E-state index contributed by atoms with van der Waals surface area (Å²) in [5, 5.41) is 0.0620. The Hall–Kier alpha value is 0.137. The van der Waals surface area contributed by atoms with E-state index in [2.05, 4.69) is 38.6 Å². The third-order valence-corrected chi connectivity index (χ3v) is 11.2. The molecule has 5 nitrogen and oxygen atoms in total. The van der Waals surface area contributed by atoms with E-state index in [0.717, 1.165) is 17.5 Å². The van der Waals surface area contributed by atoms with Crippen molar-refractivity contribution in [2.24, 2.45) is 0 Å². The van der Waals surface area contributed by atoms with Gasteiger partial charge in [0.05, 0.1) is 12.1 Å². The Balaban J connectivity index is 2.21. The van der Waals surface area contributed by atoms with Crippen molar-refractivity contribution in [1.29, 1.82) is 0 Å². The van der Waals surface area contributed by atoms with E-state index in [0.29, 0.717) is 6.42 Å². The zero-order chi connectivity index (χ0) is 21.4. The molecule has 1 N–H and O–H groups in total. The fraction of sp³-hybridized carbons (Fsp3) is 0.667. The van der Waals surface area contributed by atoms with Crippen molar-refractivity contribution in [3.8, 4) is 0 Å². The van der Waals surface area contributed by atoms with E-state index >= 15 is 0 Å². The highest BCUT2D eigenvalue weighted by atomic mass is 35.6. The summed E-state index contributed by atoms with van der Waals surface area (Å²) in [5.41, 5.74) is 1.98. The van der Waals surface area contributed by atoms with E-state index in [9.17, 15) is 8.42 Å². The molecule has 0 spiro atoms. The molecule has 0 radical (unpaired) electrons. The number of alkyl halides is 3. The van der Waals surface area contributed by atoms with Gasteiger partial charge in [-0.15, -0.1) is 0 Å². The van der Waals surface area contributed by atoms with Crippen LogP contribution in [0.1, 0.15) is 44.4 Å². The summed E-state index contributed by atoms with van der Waals surface area (Å²) in [6.07, 6.45) is 1.17. The van der Waals surface area contributed by atoms with Crippen LogP contribution in [0, 0.1) is 0 Å². The standard InChI is InChI=1S/C18H28Cl3NO4SSi/c1-17(2,3)28(4,5)26-14-10-13-8-6-7-9-15(13)16(11-14)22-27(23,24)25-12-18(19,20)21/h6-9,14,16,22H,10-12H2,1-5H3/t14-,16-/m0/s1. The molecule has 2 atom stereocenters. The molecule has 0 saturated carbocycles. The van der Waals surface area contributed by atoms with Crippen molar-refractivity contribution in [1.82, 2.24) is 4.72 Å². The SMILES string of the molecule is CC(C)(C)[Si](C)(C)O[C@H]1Cc2ccccc2[C@@H](NS(=O)(=O)OCC(Cl)(Cl)Cl)C1. The van der Waals surface area contributed by atoms with Gasteiger partial charge in [-0.2, -0.15) is 13.1 Å². The lowest BCUT2D eigenvalue weighted by Gasteiger charge is -2.42. The van der Waals surface area contributed by atoms with Gasteiger partial charge in [-0.05, 0) is 42.1 Å². The van der Waals surface area contributed by atoms with E-state index in [-0.39, 0.29) is 11.1 Å². The zero-order valence-corrected chi connectivity index (χ0v) is 20.8. The van der Waals surface area contributed by atoms with Crippen molar-refractivity contribution in [3.63, 3.8) is 0 Å². The van der Waals surface area contributed by atoms with Crippen LogP contribution in [0.3, 0.4) is 0 Å². The van der Waals surface area contributed by atoms with Crippen LogP contribution >= 0.6 is 34.8 Å². The number of rotatable bonds is 6. The zero-order valence-electron chi connectivity index (χ0n) is 16.8. The van der Waals surface area contributed by atoms with Gasteiger partial charge in [0.15, 0.2) is 8.32 Å². The fourth-order valence-electron chi connectivity index (χ4n) is 2.93. The molecule has 1 aliphatic rings. The molecule has 2 rings (SSSR count). The maximum Gasteiger partial charge on any atom is 0.336 e. The maximum atomic E-state index is 12.4. The average molecular weight is 489 g/mol. The van der Waals surface area contributed by atoms with E-state index < -0.39 is 35.1 Å². The summed E-state index contributed by atoms with van der Waals surface area (Å²) in [6, 6.07) is 7.27. The lowest BCUT2D eigenvalue weighted by atomic mass is 9.86. The topological polar surface area (TPSA) is 64.6 Å². The third-order valence-electron chi connectivity index (χ3n) is 5.31. The van der Waals surface area contributed by atoms with Gasteiger partial charge in [0.1, 0.15) is 6.61 Å². The first-order valence-corrected chi connectivity index (χ1v) is 14.5. The van der Waals surface area contributed by atoms with Crippen LogP contribution in [0.5, 0.6) is 0 Å². The molecule has 28 heavy (non-hydrogen) atoms. The Bertz CT molecular complexity index is 791. The molecule has 0 aromatic heterocycles. The molecule has 0 unspecified atom stereocenters. The first-order valence-electron chi connectivity index (χ1n) is 9.09. The predicted molar refractivity (Wildman–Crippen MR) is 118 cm³/mol. The Labute approximate surface area is 184 Å². The quantitative estimate of drug-likeness (QED) is 0.437. The van der Waals surface area contributed by atoms with Crippen LogP contribution < -0.4 is 4.72 Å². The summed E-state index contributed by atoms with van der Waals surface area (Å²) >= 11 is 16.8. The minimum atomic E-state index is -4.10. The van der Waals surface area contributed by atoms with E-state index in [1.807, 2.05) is 24.3 Å². The van der Waals surface area contributed by atoms with Crippen molar-refractivity contribution >= 4 is 53.4 Å². The molecule has 0 saturated heterocycles. The third kappa shape index (κ3) is 6.84. The Kier molecular flexibility index (Phi) is 7.59. The Morgan fingerprint density at radius 3 is 2.36 bits per heavy atom. The Morgan fingerprint density at radius 2 is 1.79 bits per heavy atom. The molecule has 160 valence electrons.